The Labute approximate surface area is 147 Å². The van der Waals surface area contributed by atoms with Crippen molar-refractivity contribution in [2.24, 2.45) is 4.99 Å². The molecule has 1 aliphatic heterocycles. The molecule has 1 heterocycles. The Hall–Kier alpha value is -1.63. The van der Waals surface area contributed by atoms with Gasteiger partial charge in [-0.15, -0.1) is 24.0 Å². The van der Waals surface area contributed by atoms with E-state index >= 15 is 0 Å². The van der Waals surface area contributed by atoms with Crippen LogP contribution in [0, 0.1) is 5.82 Å². The topological polar surface area (TPSA) is 27.6 Å². The SMILES string of the molecule is CN(Cc1ccc(F)cc1)C1=NCC(c2ccccc2)N1.I. The van der Waals surface area contributed by atoms with E-state index in [0.29, 0.717) is 6.54 Å². The van der Waals surface area contributed by atoms with Gasteiger partial charge < -0.3 is 10.2 Å². The first-order valence-electron chi connectivity index (χ1n) is 7.04. The molecule has 0 saturated carbocycles. The highest BCUT2D eigenvalue weighted by Crippen LogP contribution is 2.18. The third-order valence-electron chi connectivity index (χ3n) is 3.62. The molecule has 0 bridgehead atoms. The normalized spacial score (nSPS) is 16.5. The lowest BCUT2D eigenvalue weighted by Gasteiger charge is -2.21. The summed E-state index contributed by atoms with van der Waals surface area (Å²) in [6.45, 7) is 1.45. The van der Waals surface area contributed by atoms with Crippen LogP contribution in [-0.2, 0) is 6.54 Å². The van der Waals surface area contributed by atoms with E-state index in [1.807, 2.05) is 25.2 Å². The predicted molar refractivity (Wildman–Crippen MR) is 97.9 cm³/mol. The van der Waals surface area contributed by atoms with Crippen molar-refractivity contribution in [3.05, 3.63) is 71.5 Å². The van der Waals surface area contributed by atoms with Crippen LogP contribution in [0.1, 0.15) is 17.2 Å². The van der Waals surface area contributed by atoms with Crippen molar-refractivity contribution in [2.45, 2.75) is 12.6 Å². The van der Waals surface area contributed by atoms with Crippen molar-refractivity contribution in [2.75, 3.05) is 13.6 Å². The number of hydrogen-bond acceptors (Lipinski definition) is 3. The van der Waals surface area contributed by atoms with Gasteiger partial charge in [-0.25, -0.2) is 4.39 Å². The molecule has 1 atom stereocenters. The molecule has 3 nitrogen and oxygen atoms in total. The maximum atomic E-state index is 12.9. The van der Waals surface area contributed by atoms with Gasteiger partial charge >= 0.3 is 0 Å². The van der Waals surface area contributed by atoms with Gasteiger partial charge in [-0.3, -0.25) is 4.99 Å². The number of nitrogens with one attached hydrogen (secondary N) is 1. The number of nitrogens with zero attached hydrogens (tertiary/aromatic N) is 2. The van der Waals surface area contributed by atoms with Crippen LogP contribution in [0.25, 0.3) is 0 Å². The lowest BCUT2D eigenvalue weighted by atomic mass is 10.1. The predicted octanol–water partition coefficient (Wildman–Crippen LogP) is 3.58. The number of rotatable bonds is 3. The fourth-order valence-corrected chi connectivity index (χ4v) is 2.47. The molecular weight excluding hydrogens is 392 g/mol. The van der Waals surface area contributed by atoms with Crippen LogP contribution in [0.2, 0.25) is 0 Å². The lowest BCUT2D eigenvalue weighted by Crippen LogP contribution is -2.36. The Morgan fingerprint density at radius 3 is 2.50 bits per heavy atom. The molecule has 0 spiro atoms. The van der Waals surface area contributed by atoms with Crippen molar-refractivity contribution in [3.8, 4) is 0 Å². The molecule has 22 heavy (non-hydrogen) atoms. The highest BCUT2D eigenvalue weighted by atomic mass is 127. The number of halogens is 2. The minimum Gasteiger partial charge on any atom is -0.348 e. The molecule has 2 aromatic carbocycles. The zero-order chi connectivity index (χ0) is 14.7. The Bertz CT molecular complexity index is 628. The van der Waals surface area contributed by atoms with E-state index in [9.17, 15) is 4.39 Å². The van der Waals surface area contributed by atoms with Crippen molar-refractivity contribution >= 4 is 29.9 Å². The largest absolute Gasteiger partial charge is 0.348 e. The minimum atomic E-state index is -0.207. The number of aliphatic imine (C=N–C) groups is 1. The molecule has 0 saturated heterocycles. The summed E-state index contributed by atoms with van der Waals surface area (Å²) in [5, 5.41) is 3.44. The Balaban J connectivity index is 0.00000176. The van der Waals surface area contributed by atoms with Gasteiger partial charge in [0.15, 0.2) is 5.96 Å². The molecular formula is C17H19FIN3. The third-order valence-corrected chi connectivity index (χ3v) is 3.62. The zero-order valence-electron chi connectivity index (χ0n) is 12.4. The van der Waals surface area contributed by atoms with Gasteiger partial charge in [0.05, 0.1) is 12.6 Å². The summed E-state index contributed by atoms with van der Waals surface area (Å²) in [6, 6.07) is 17.1. The molecule has 116 valence electrons. The summed E-state index contributed by atoms with van der Waals surface area (Å²) in [5.74, 6) is 0.676. The van der Waals surface area contributed by atoms with Gasteiger partial charge in [0, 0.05) is 13.6 Å². The molecule has 1 aliphatic rings. The summed E-state index contributed by atoms with van der Waals surface area (Å²) in [7, 11) is 1.99. The van der Waals surface area contributed by atoms with Gasteiger partial charge in [0.25, 0.3) is 0 Å². The van der Waals surface area contributed by atoms with Crippen LogP contribution in [-0.4, -0.2) is 24.5 Å². The molecule has 0 fully saturated rings. The first-order chi connectivity index (χ1) is 10.2. The Morgan fingerprint density at radius 1 is 1.14 bits per heavy atom. The molecule has 5 heteroatoms. The van der Waals surface area contributed by atoms with Crippen molar-refractivity contribution in [1.29, 1.82) is 0 Å². The van der Waals surface area contributed by atoms with Crippen LogP contribution < -0.4 is 5.32 Å². The van der Waals surface area contributed by atoms with Crippen LogP contribution in [0.15, 0.2) is 59.6 Å². The standard InChI is InChI=1S/C17H18FN3.HI/c1-21(12-13-7-9-15(18)10-8-13)17-19-11-16(20-17)14-5-3-2-4-6-14;/h2-10,16H,11-12H2,1H3,(H,19,20);1H. The highest BCUT2D eigenvalue weighted by Gasteiger charge is 2.21. The average Bonchev–Trinajstić information content (AvgIpc) is 3.00. The summed E-state index contributed by atoms with van der Waals surface area (Å²) in [6.07, 6.45) is 0. The van der Waals surface area contributed by atoms with Crippen LogP contribution >= 0.6 is 24.0 Å². The molecule has 0 amide bonds. The molecule has 1 unspecified atom stereocenters. The second kappa shape index (κ2) is 7.58. The summed E-state index contributed by atoms with van der Waals surface area (Å²) in [4.78, 5) is 6.62. The Morgan fingerprint density at radius 2 is 1.82 bits per heavy atom. The first kappa shape index (κ1) is 16.7. The van der Waals surface area contributed by atoms with E-state index in [4.69, 9.17) is 0 Å². The van der Waals surface area contributed by atoms with Gasteiger partial charge in [-0.2, -0.15) is 0 Å². The van der Waals surface area contributed by atoms with Crippen molar-refractivity contribution in [3.63, 3.8) is 0 Å². The second-order valence-electron chi connectivity index (χ2n) is 5.25. The van der Waals surface area contributed by atoms with E-state index in [-0.39, 0.29) is 35.8 Å². The number of guanidine groups is 1. The maximum Gasteiger partial charge on any atom is 0.194 e. The summed E-state index contributed by atoms with van der Waals surface area (Å²) < 4.78 is 12.9. The summed E-state index contributed by atoms with van der Waals surface area (Å²) >= 11 is 0. The lowest BCUT2D eigenvalue weighted by molar-refractivity contribution is 0.479. The number of hydrogen-bond donors (Lipinski definition) is 1. The van der Waals surface area contributed by atoms with Crippen molar-refractivity contribution in [1.82, 2.24) is 10.2 Å². The van der Waals surface area contributed by atoms with Gasteiger partial charge in [0.1, 0.15) is 5.82 Å². The molecule has 0 radical (unpaired) electrons. The quantitative estimate of drug-likeness (QED) is 0.783. The maximum absolute atomic E-state index is 12.9. The van der Waals surface area contributed by atoms with E-state index in [0.717, 1.165) is 18.1 Å². The van der Waals surface area contributed by atoms with E-state index in [1.54, 1.807) is 12.1 Å². The highest BCUT2D eigenvalue weighted by molar-refractivity contribution is 14.0. The van der Waals surface area contributed by atoms with Crippen LogP contribution in [0.3, 0.4) is 0 Å². The minimum absolute atomic E-state index is 0. The smallest absolute Gasteiger partial charge is 0.194 e. The fourth-order valence-electron chi connectivity index (χ4n) is 2.47. The number of benzene rings is 2. The molecule has 0 aliphatic carbocycles. The average molecular weight is 411 g/mol. The monoisotopic (exact) mass is 411 g/mol. The Kier molecular flexibility index (Phi) is 5.76. The van der Waals surface area contributed by atoms with E-state index in [1.165, 1.54) is 17.7 Å². The molecule has 2 aromatic rings. The summed E-state index contributed by atoms with van der Waals surface area (Å²) in [5.41, 5.74) is 2.30. The van der Waals surface area contributed by atoms with E-state index < -0.39 is 0 Å². The molecule has 1 N–H and O–H groups in total. The van der Waals surface area contributed by atoms with Crippen molar-refractivity contribution < 1.29 is 4.39 Å². The molecule has 0 aromatic heterocycles. The van der Waals surface area contributed by atoms with Gasteiger partial charge in [0.2, 0.25) is 0 Å². The third kappa shape index (κ3) is 3.97. The van der Waals surface area contributed by atoms with Crippen LogP contribution in [0.5, 0.6) is 0 Å². The van der Waals surface area contributed by atoms with Gasteiger partial charge in [-0.05, 0) is 23.3 Å². The van der Waals surface area contributed by atoms with E-state index in [2.05, 4.69) is 27.3 Å². The fraction of sp³-hybridized carbons (Fsp3) is 0.235. The first-order valence-corrected chi connectivity index (χ1v) is 7.04. The van der Waals surface area contributed by atoms with Crippen LogP contribution in [0.4, 0.5) is 4.39 Å². The zero-order valence-corrected chi connectivity index (χ0v) is 14.7. The van der Waals surface area contributed by atoms with Gasteiger partial charge in [-0.1, -0.05) is 42.5 Å². The molecule has 3 rings (SSSR count). The second-order valence-corrected chi connectivity index (χ2v) is 5.25.